The number of methoxy groups -OCH3 is 1. The Balaban J connectivity index is 1.41. The van der Waals surface area contributed by atoms with Gasteiger partial charge in [0.15, 0.2) is 0 Å². The zero-order valence-electron chi connectivity index (χ0n) is 18.3. The SMILES string of the molecule is COc1ccc(CNC(=O)C(=O)NC[C@@H](c2cccc3ccccc23)N2CCCC2)cc1. The van der Waals surface area contributed by atoms with Crippen molar-refractivity contribution in [1.82, 2.24) is 15.5 Å². The van der Waals surface area contributed by atoms with E-state index in [9.17, 15) is 9.59 Å². The number of nitrogens with zero attached hydrogens (tertiary/aromatic N) is 1. The maximum Gasteiger partial charge on any atom is 0.309 e. The van der Waals surface area contributed by atoms with Crippen LogP contribution in [0.5, 0.6) is 5.75 Å². The largest absolute Gasteiger partial charge is 0.497 e. The fourth-order valence-electron chi connectivity index (χ4n) is 4.31. The molecule has 4 rings (SSSR count). The number of carbonyl (C=O) groups excluding carboxylic acids is 2. The Morgan fingerprint density at radius 1 is 0.906 bits per heavy atom. The smallest absolute Gasteiger partial charge is 0.309 e. The van der Waals surface area contributed by atoms with Crippen molar-refractivity contribution in [2.75, 3.05) is 26.7 Å². The van der Waals surface area contributed by atoms with Crippen LogP contribution in [0.3, 0.4) is 0 Å². The first-order valence-corrected chi connectivity index (χ1v) is 11.1. The van der Waals surface area contributed by atoms with E-state index in [1.807, 2.05) is 36.4 Å². The lowest BCUT2D eigenvalue weighted by molar-refractivity contribution is -0.139. The van der Waals surface area contributed by atoms with Gasteiger partial charge in [0.25, 0.3) is 0 Å². The number of hydrogen-bond donors (Lipinski definition) is 2. The molecule has 3 aromatic rings. The topological polar surface area (TPSA) is 70.7 Å². The van der Waals surface area contributed by atoms with Crippen molar-refractivity contribution in [3.05, 3.63) is 77.9 Å². The van der Waals surface area contributed by atoms with Gasteiger partial charge in [-0.05, 0) is 60.0 Å². The van der Waals surface area contributed by atoms with Gasteiger partial charge in [0.2, 0.25) is 0 Å². The van der Waals surface area contributed by atoms with E-state index >= 15 is 0 Å². The number of hydrogen-bond acceptors (Lipinski definition) is 4. The van der Waals surface area contributed by atoms with E-state index in [0.717, 1.165) is 37.2 Å². The zero-order valence-corrected chi connectivity index (χ0v) is 18.3. The Morgan fingerprint density at radius 2 is 1.59 bits per heavy atom. The molecule has 1 fully saturated rings. The molecule has 0 spiro atoms. The molecule has 1 atom stereocenters. The van der Waals surface area contributed by atoms with E-state index in [2.05, 4.69) is 45.9 Å². The van der Waals surface area contributed by atoms with Crippen LogP contribution < -0.4 is 15.4 Å². The minimum atomic E-state index is -0.626. The molecule has 0 saturated carbocycles. The standard InChI is InChI=1S/C26H29N3O3/c1-32-21-13-11-19(12-14-21)17-27-25(30)26(31)28-18-24(29-15-4-5-16-29)23-10-6-8-20-7-2-3-9-22(20)23/h2-3,6-14,24H,4-5,15-18H2,1H3,(H,27,30)(H,28,31)/t24-/m0/s1. The summed E-state index contributed by atoms with van der Waals surface area (Å²) in [6.45, 7) is 2.67. The van der Waals surface area contributed by atoms with Crippen LogP contribution in [0.15, 0.2) is 66.7 Å². The van der Waals surface area contributed by atoms with Gasteiger partial charge in [-0.3, -0.25) is 14.5 Å². The number of carbonyl (C=O) groups is 2. The third-order valence-corrected chi connectivity index (χ3v) is 6.04. The lowest BCUT2D eigenvalue weighted by Crippen LogP contribution is -2.43. The molecule has 0 radical (unpaired) electrons. The molecule has 1 saturated heterocycles. The van der Waals surface area contributed by atoms with Crippen LogP contribution in [0, 0.1) is 0 Å². The summed E-state index contributed by atoms with van der Waals surface area (Å²) in [6.07, 6.45) is 2.30. The molecule has 1 heterocycles. The van der Waals surface area contributed by atoms with Crippen LogP contribution in [-0.2, 0) is 16.1 Å². The normalized spacial score (nSPS) is 14.8. The first-order chi connectivity index (χ1) is 15.7. The van der Waals surface area contributed by atoms with Crippen LogP contribution in [0.2, 0.25) is 0 Å². The van der Waals surface area contributed by atoms with Gasteiger partial charge in [0.1, 0.15) is 5.75 Å². The highest BCUT2D eigenvalue weighted by atomic mass is 16.5. The van der Waals surface area contributed by atoms with Gasteiger partial charge in [-0.15, -0.1) is 0 Å². The van der Waals surface area contributed by atoms with Crippen molar-refractivity contribution in [1.29, 1.82) is 0 Å². The summed E-state index contributed by atoms with van der Waals surface area (Å²) in [5, 5.41) is 7.92. The third kappa shape index (κ3) is 5.08. The summed E-state index contributed by atoms with van der Waals surface area (Å²) in [5.74, 6) is -0.485. The van der Waals surface area contributed by atoms with E-state index in [0.29, 0.717) is 6.54 Å². The highest BCUT2D eigenvalue weighted by Crippen LogP contribution is 2.30. The molecule has 32 heavy (non-hydrogen) atoms. The number of benzene rings is 3. The third-order valence-electron chi connectivity index (χ3n) is 6.04. The number of likely N-dealkylation sites (tertiary alicyclic amines) is 1. The second-order valence-electron chi connectivity index (χ2n) is 8.07. The summed E-state index contributed by atoms with van der Waals surface area (Å²) in [6, 6.07) is 22.0. The van der Waals surface area contributed by atoms with Gasteiger partial charge in [0, 0.05) is 13.1 Å². The van der Waals surface area contributed by atoms with Crippen LogP contribution in [0.4, 0.5) is 0 Å². The Labute approximate surface area is 188 Å². The van der Waals surface area contributed by atoms with E-state index in [-0.39, 0.29) is 12.6 Å². The first kappa shape index (κ1) is 21.8. The minimum Gasteiger partial charge on any atom is -0.497 e. The second-order valence-corrected chi connectivity index (χ2v) is 8.07. The molecule has 1 aliphatic heterocycles. The summed E-state index contributed by atoms with van der Waals surface area (Å²) in [4.78, 5) is 27.3. The Kier molecular flexibility index (Phi) is 7.02. The monoisotopic (exact) mass is 431 g/mol. The molecule has 166 valence electrons. The Hall–Kier alpha value is -3.38. The molecule has 1 aliphatic rings. The average molecular weight is 432 g/mol. The lowest BCUT2D eigenvalue weighted by Gasteiger charge is -2.29. The van der Waals surface area contributed by atoms with Gasteiger partial charge < -0.3 is 15.4 Å². The maximum absolute atomic E-state index is 12.5. The van der Waals surface area contributed by atoms with E-state index in [4.69, 9.17) is 4.74 Å². The van der Waals surface area contributed by atoms with Crippen LogP contribution in [0.1, 0.15) is 30.0 Å². The predicted molar refractivity (Wildman–Crippen MR) is 125 cm³/mol. The Morgan fingerprint density at radius 3 is 2.34 bits per heavy atom. The van der Waals surface area contributed by atoms with Gasteiger partial charge in [-0.25, -0.2) is 0 Å². The molecule has 2 amide bonds. The molecule has 0 unspecified atom stereocenters. The number of amides is 2. The van der Waals surface area contributed by atoms with Gasteiger partial charge in [0.05, 0.1) is 13.2 Å². The molecule has 3 aromatic carbocycles. The van der Waals surface area contributed by atoms with Crippen molar-refractivity contribution < 1.29 is 14.3 Å². The summed E-state index contributed by atoms with van der Waals surface area (Å²) < 4.78 is 5.14. The van der Waals surface area contributed by atoms with Crippen LogP contribution in [-0.4, -0.2) is 43.5 Å². The fourth-order valence-corrected chi connectivity index (χ4v) is 4.31. The summed E-state index contributed by atoms with van der Waals surface area (Å²) in [7, 11) is 1.61. The number of ether oxygens (including phenoxy) is 1. The number of fused-ring (bicyclic) bond motifs is 1. The van der Waals surface area contributed by atoms with Crippen molar-refractivity contribution in [2.24, 2.45) is 0 Å². The molecule has 0 aromatic heterocycles. The molecule has 0 bridgehead atoms. The van der Waals surface area contributed by atoms with Crippen LogP contribution in [0.25, 0.3) is 10.8 Å². The van der Waals surface area contributed by atoms with E-state index < -0.39 is 11.8 Å². The molecule has 6 heteroatoms. The number of rotatable bonds is 7. The van der Waals surface area contributed by atoms with Gasteiger partial charge in [-0.1, -0.05) is 54.6 Å². The van der Waals surface area contributed by atoms with Crippen LogP contribution >= 0.6 is 0 Å². The van der Waals surface area contributed by atoms with E-state index in [1.54, 1.807) is 7.11 Å². The van der Waals surface area contributed by atoms with Gasteiger partial charge >= 0.3 is 11.8 Å². The summed E-state index contributed by atoms with van der Waals surface area (Å²) in [5.41, 5.74) is 2.08. The predicted octanol–water partition coefficient (Wildman–Crippen LogP) is 3.42. The van der Waals surface area contributed by atoms with Crippen molar-refractivity contribution in [2.45, 2.75) is 25.4 Å². The number of nitrogens with one attached hydrogen (secondary N) is 2. The second kappa shape index (κ2) is 10.3. The maximum atomic E-state index is 12.5. The molecule has 0 aliphatic carbocycles. The summed E-state index contributed by atoms with van der Waals surface area (Å²) >= 11 is 0. The molecular weight excluding hydrogens is 402 g/mol. The average Bonchev–Trinajstić information content (AvgIpc) is 3.37. The fraction of sp³-hybridized carbons (Fsp3) is 0.308. The first-order valence-electron chi connectivity index (χ1n) is 11.1. The van der Waals surface area contributed by atoms with Gasteiger partial charge in [-0.2, -0.15) is 0 Å². The Bertz CT molecular complexity index is 1070. The van der Waals surface area contributed by atoms with E-state index in [1.165, 1.54) is 16.3 Å². The highest BCUT2D eigenvalue weighted by Gasteiger charge is 2.26. The van der Waals surface area contributed by atoms with Crippen molar-refractivity contribution in [3.63, 3.8) is 0 Å². The zero-order chi connectivity index (χ0) is 22.3. The quantitative estimate of drug-likeness (QED) is 0.563. The van der Waals surface area contributed by atoms with Crippen molar-refractivity contribution >= 4 is 22.6 Å². The highest BCUT2D eigenvalue weighted by molar-refractivity contribution is 6.35. The molecule has 2 N–H and O–H groups in total. The molecule has 6 nitrogen and oxygen atoms in total. The molecular formula is C26H29N3O3. The van der Waals surface area contributed by atoms with Crippen molar-refractivity contribution in [3.8, 4) is 5.75 Å². The minimum absolute atomic E-state index is 0.0296. The lowest BCUT2D eigenvalue weighted by atomic mass is 9.97.